The molecule has 2 N–H and O–H groups in total. The van der Waals surface area contributed by atoms with Crippen LogP contribution in [0.1, 0.15) is 13.3 Å². The molecule has 148 valence electrons. The van der Waals surface area contributed by atoms with E-state index in [9.17, 15) is 23.2 Å². The number of ether oxygens (including phenoxy) is 1. The van der Waals surface area contributed by atoms with Crippen molar-refractivity contribution >= 4 is 40.9 Å². The number of hydrogen-bond donors (Lipinski definition) is 2. The first-order valence-electron chi connectivity index (χ1n) is 8.24. The average Bonchev–Trinajstić information content (AvgIpc) is 2.63. The molecule has 0 heterocycles. The molecule has 0 bridgehead atoms. The summed E-state index contributed by atoms with van der Waals surface area (Å²) in [5.41, 5.74) is 0.970. The Bertz CT molecular complexity index is 877. The van der Waals surface area contributed by atoms with Gasteiger partial charge in [-0.2, -0.15) is 0 Å². The summed E-state index contributed by atoms with van der Waals surface area (Å²) in [4.78, 5) is 35.1. The van der Waals surface area contributed by atoms with Crippen LogP contribution in [0.3, 0.4) is 0 Å². The number of benzene rings is 2. The lowest BCUT2D eigenvalue weighted by Gasteiger charge is -2.08. The van der Waals surface area contributed by atoms with Crippen molar-refractivity contribution in [2.45, 2.75) is 18.2 Å². The van der Waals surface area contributed by atoms with Crippen LogP contribution >= 0.6 is 11.8 Å². The van der Waals surface area contributed by atoms with Crippen LogP contribution in [0.15, 0.2) is 47.4 Å². The molecule has 6 nitrogen and oxygen atoms in total. The third kappa shape index (κ3) is 7.36. The number of rotatable bonds is 8. The average molecular weight is 408 g/mol. The maximum atomic E-state index is 13.1. The molecule has 2 rings (SSSR count). The topological polar surface area (TPSA) is 84.5 Å². The van der Waals surface area contributed by atoms with E-state index in [0.29, 0.717) is 22.0 Å². The number of carbonyl (C=O) groups is 3. The molecule has 28 heavy (non-hydrogen) atoms. The molecule has 0 aliphatic rings. The summed E-state index contributed by atoms with van der Waals surface area (Å²) in [6.45, 7) is 0.911. The number of nitrogens with one attached hydrogen (secondary N) is 2. The van der Waals surface area contributed by atoms with Crippen LogP contribution in [-0.2, 0) is 19.1 Å². The molecule has 0 saturated carbocycles. The number of esters is 1. The second kappa shape index (κ2) is 10.4. The largest absolute Gasteiger partial charge is 0.456 e. The monoisotopic (exact) mass is 408 g/mol. The Balaban J connectivity index is 1.71. The summed E-state index contributed by atoms with van der Waals surface area (Å²) in [6, 6.07) is 10.00. The van der Waals surface area contributed by atoms with Crippen molar-refractivity contribution in [3.05, 3.63) is 54.1 Å². The minimum absolute atomic E-state index is 0.00889. The van der Waals surface area contributed by atoms with E-state index in [0.717, 1.165) is 12.1 Å². The first kappa shape index (κ1) is 21.4. The number of carbonyl (C=O) groups excluding carboxylic acids is 3. The number of anilines is 2. The van der Waals surface area contributed by atoms with Gasteiger partial charge in [0.25, 0.3) is 5.91 Å². The molecule has 2 aromatic rings. The van der Waals surface area contributed by atoms with Gasteiger partial charge < -0.3 is 15.4 Å². The van der Waals surface area contributed by atoms with Crippen molar-refractivity contribution < 1.29 is 27.9 Å². The van der Waals surface area contributed by atoms with Gasteiger partial charge in [0.05, 0.1) is 6.42 Å². The third-order valence-corrected chi connectivity index (χ3v) is 4.29. The first-order valence-corrected chi connectivity index (χ1v) is 9.23. The van der Waals surface area contributed by atoms with Crippen molar-refractivity contribution in [1.82, 2.24) is 0 Å². The smallest absolute Gasteiger partial charge is 0.307 e. The van der Waals surface area contributed by atoms with E-state index in [1.807, 2.05) is 0 Å². The van der Waals surface area contributed by atoms with E-state index in [-0.39, 0.29) is 12.3 Å². The highest BCUT2D eigenvalue weighted by molar-refractivity contribution is 7.99. The van der Waals surface area contributed by atoms with E-state index in [2.05, 4.69) is 10.6 Å². The Labute approximate surface area is 164 Å². The van der Waals surface area contributed by atoms with Gasteiger partial charge in [0.1, 0.15) is 0 Å². The van der Waals surface area contributed by atoms with Crippen LogP contribution in [0.4, 0.5) is 20.2 Å². The number of amides is 2. The normalized spacial score (nSPS) is 10.2. The molecule has 0 spiro atoms. The summed E-state index contributed by atoms with van der Waals surface area (Å²) >= 11 is 1.17. The van der Waals surface area contributed by atoms with Crippen molar-refractivity contribution in [3.63, 3.8) is 0 Å². The molecule has 0 unspecified atom stereocenters. The number of hydrogen-bond acceptors (Lipinski definition) is 5. The predicted molar refractivity (Wildman–Crippen MR) is 102 cm³/mol. The molecule has 0 atom stereocenters. The van der Waals surface area contributed by atoms with Gasteiger partial charge in [-0.15, -0.1) is 11.8 Å². The van der Waals surface area contributed by atoms with Crippen LogP contribution in [0.2, 0.25) is 0 Å². The summed E-state index contributed by atoms with van der Waals surface area (Å²) in [5, 5.41) is 5.14. The highest BCUT2D eigenvalue weighted by atomic mass is 32.2. The Morgan fingerprint density at radius 2 is 1.71 bits per heavy atom. The fraction of sp³-hybridized carbons (Fsp3) is 0.211. The molecule has 0 aliphatic carbocycles. The zero-order chi connectivity index (χ0) is 20.5. The maximum absolute atomic E-state index is 13.1. The fourth-order valence-corrected chi connectivity index (χ4v) is 2.97. The van der Waals surface area contributed by atoms with Gasteiger partial charge >= 0.3 is 5.97 Å². The van der Waals surface area contributed by atoms with Crippen LogP contribution in [0.5, 0.6) is 0 Å². The summed E-state index contributed by atoms with van der Waals surface area (Å²) in [7, 11) is 0. The summed E-state index contributed by atoms with van der Waals surface area (Å²) in [6.07, 6.45) is 0.00889. The standard InChI is InChI=1S/C19H18F2N2O4S/c1-12(24)22-13-3-2-4-14(9-13)23-18(25)11-27-19(26)7-8-28-15-5-6-16(20)17(21)10-15/h2-6,9-10H,7-8,11H2,1H3,(H,22,24)(H,23,25). The van der Waals surface area contributed by atoms with Crippen molar-refractivity contribution in [2.24, 2.45) is 0 Å². The van der Waals surface area contributed by atoms with Crippen molar-refractivity contribution in [3.8, 4) is 0 Å². The Morgan fingerprint density at radius 3 is 2.39 bits per heavy atom. The second-order valence-corrected chi connectivity index (χ2v) is 6.81. The van der Waals surface area contributed by atoms with E-state index in [1.54, 1.807) is 24.3 Å². The minimum atomic E-state index is -0.952. The zero-order valence-electron chi connectivity index (χ0n) is 15.0. The molecular formula is C19H18F2N2O4S. The first-order chi connectivity index (χ1) is 13.3. The van der Waals surface area contributed by atoms with E-state index in [4.69, 9.17) is 4.74 Å². The molecule has 0 radical (unpaired) electrons. The van der Waals surface area contributed by atoms with E-state index in [1.165, 1.54) is 24.8 Å². The molecule has 0 fully saturated rings. The second-order valence-electron chi connectivity index (χ2n) is 5.65. The predicted octanol–water partition coefficient (Wildman–Crippen LogP) is 3.59. The van der Waals surface area contributed by atoms with Gasteiger partial charge in [-0.3, -0.25) is 14.4 Å². The fourth-order valence-electron chi connectivity index (χ4n) is 2.11. The van der Waals surface area contributed by atoms with E-state index >= 15 is 0 Å². The van der Waals surface area contributed by atoms with Crippen LogP contribution in [0.25, 0.3) is 0 Å². The Hall–Kier alpha value is -2.94. The minimum Gasteiger partial charge on any atom is -0.456 e. The zero-order valence-corrected chi connectivity index (χ0v) is 15.8. The lowest BCUT2D eigenvalue weighted by molar-refractivity contribution is -0.146. The van der Waals surface area contributed by atoms with Gasteiger partial charge in [0, 0.05) is 28.9 Å². The van der Waals surface area contributed by atoms with Gasteiger partial charge in [-0.1, -0.05) is 6.07 Å². The SMILES string of the molecule is CC(=O)Nc1cccc(NC(=O)COC(=O)CCSc2ccc(F)c(F)c2)c1. The van der Waals surface area contributed by atoms with Gasteiger partial charge in [-0.05, 0) is 36.4 Å². The highest BCUT2D eigenvalue weighted by Gasteiger charge is 2.09. The molecule has 0 saturated heterocycles. The highest BCUT2D eigenvalue weighted by Crippen LogP contribution is 2.21. The lowest BCUT2D eigenvalue weighted by atomic mass is 10.2. The van der Waals surface area contributed by atoms with Crippen molar-refractivity contribution in [2.75, 3.05) is 23.0 Å². The summed E-state index contributed by atoms with van der Waals surface area (Å²) < 4.78 is 30.8. The molecule has 0 aromatic heterocycles. The molecule has 2 aromatic carbocycles. The molecule has 9 heteroatoms. The quantitative estimate of drug-likeness (QED) is 0.515. The van der Waals surface area contributed by atoms with Gasteiger partial charge in [0.2, 0.25) is 5.91 Å². The number of halogens is 2. The van der Waals surface area contributed by atoms with E-state index < -0.39 is 30.1 Å². The van der Waals surface area contributed by atoms with Crippen LogP contribution < -0.4 is 10.6 Å². The lowest BCUT2D eigenvalue weighted by Crippen LogP contribution is -2.21. The van der Waals surface area contributed by atoms with Crippen LogP contribution in [0, 0.1) is 11.6 Å². The Morgan fingerprint density at radius 1 is 1.00 bits per heavy atom. The van der Waals surface area contributed by atoms with Crippen LogP contribution in [-0.4, -0.2) is 30.1 Å². The summed E-state index contributed by atoms with van der Waals surface area (Å²) in [5.74, 6) is -2.94. The number of thioether (sulfide) groups is 1. The van der Waals surface area contributed by atoms with Gasteiger partial charge in [0.15, 0.2) is 18.2 Å². The maximum Gasteiger partial charge on any atom is 0.307 e. The molecule has 2 amide bonds. The Kier molecular flexibility index (Phi) is 7.94. The molecule has 0 aliphatic heterocycles. The van der Waals surface area contributed by atoms with Crippen molar-refractivity contribution in [1.29, 1.82) is 0 Å². The third-order valence-electron chi connectivity index (χ3n) is 3.30. The molecular weight excluding hydrogens is 390 g/mol. The van der Waals surface area contributed by atoms with Gasteiger partial charge in [-0.25, -0.2) is 8.78 Å².